The Labute approximate surface area is 168 Å². The lowest BCUT2D eigenvalue weighted by Crippen LogP contribution is -2.65. The lowest BCUT2D eigenvalue weighted by molar-refractivity contribution is -0.347. The highest BCUT2D eigenvalue weighted by molar-refractivity contribution is 6.02. The maximum Gasteiger partial charge on any atom is 0.192 e. The molecule has 3 aliphatic carbocycles. The monoisotopic (exact) mass is 389 g/mol. The number of epoxide rings is 1. The Kier molecular flexibility index (Phi) is 3.82. The van der Waals surface area contributed by atoms with Crippen LogP contribution in [0.1, 0.15) is 59.8 Å². The molecule has 0 amide bonds. The van der Waals surface area contributed by atoms with Gasteiger partial charge in [-0.15, -0.1) is 0 Å². The van der Waals surface area contributed by atoms with Crippen LogP contribution in [-0.2, 0) is 19.0 Å². The van der Waals surface area contributed by atoms with Gasteiger partial charge in [0.05, 0.1) is 12.7 Å². The molecule has 0 N–H and O–H groups in total. The second-order valence-corrected chi connectivity index (χ2v) is 11.1. The Balaban J connectivity index is 1.50. The number of nitrogens with zero attached hydrogens (tertiary/aromatic N) is 1. The van der Waals surface area contributed by atoms with Crippen LogP contribution in [0.5, 0.6) is 0 Å². The number of fused-ring (bicyclic) bond motifs is 4. The van der Waals surface area contributed by atoms with Crippen LogP contribution in [0.2, 0.25) is 0 Å². The van der Waals surface area contributed by atoms with Crippen molar-refractivity contribution in [1.82, 2.24) is 4.90 Å². The number of carbonyl (C=O) groups excluding carboxylic acids is 1. The molecule has 0 radical (unpaired) electrons. The summed E-state index contributed by atoms with van der Waals surface area (Å²) >= 11 is 0. The predicted molar refractivity (Wildman–Crippen MR) is 106 cm³/mol. The van der Waals surface area contributed by atoms with Crippen molar-refractivity contribution in [3.63, 3.8) is 0 Å². The smallest absolute Gasteiger partial charge is 0.192 e. The minimum absolute atomic E-state index is 0.0292. The third-order valence-corrected chi connectivity index (χ3v) is 8.76. The van der Waals surface area contributed by atoms with Crippen molar-refractivity contribution in [3.8, 4) is 0 Å². The van der Waals surface area contributed by atoms with E-state index in [9.17, 15) is 4.79 Å². The number of carbonyl (C=O) groups is 1. The highest BCUT2D eigenvalue weighted by Gasteiger charge is 2.75. The largest absolute Gasteiger partial charge is 0.383 e. The highest BCUT2D eigenvalue weighted by Crippen LogP contribution is 2.71. The molecule has 0 bridgehead atoms. The molecule has 1 spiro atoms. The van der Waals surface area contributed by atoms with Crippen molar-refractivity contribution in [2.75, 3.05) is 20.7 Å². The quantitative estimate of drug-likeness (QED) is 0.507. The van der Waals surface area contributed by atoms with Gasteiger partial charge in [-0.05, 0) is 57.3 Å². The Bertz CT molecular complexity index is 745. The van der Waals surface area contributed by atoms with E-state index in [1.165, 1.54) is 0 Å². The molecule has 5 rings (SSSR count). The Hall–Kier alpha value is -0.910. The molecule has 2 aliphatic heterocycles. The summed E-state index contributed by atoms with van der Waals surface area (Å²) in [6.45, 7) is 9.66. The molecule has 0 aromatic heterocycles. The minimum atomic E-state index is -0.489. The van der Waals surface area contributed by atoms with Crippen molar-refractivity contribution in [2.45, 2.75) is 83.4 Å². The average molecular weight is 390 g/mol. The molecule has 0 aromatic rings. The van der Waals surface area contributed by atoms with Gasteiger partial charge in [0.1, 0.15) is 5.60 Å². The van der Waals surface area contributed by atoms with Gasteiger partial charge in [0, 0.05) is 37.2 Å². The summed E-state index contributed by atoms with van der Waals surface area (Å²) in [5.74, 6) is 0.666. The second-order valence-electron chi connectivity index (χ2n) is 11.1. The van der Waals surface area contributed by atoms with Crippen LogP contribution < -0.4 is 0 Å². The summed E-state index contributed by atoms with van der Waals surface area (Å²) in [7, 11) is 3.98. The first-order valence-electron chi connectivity index (χ1n) is 10.9. The topological polar surface area (TPSA) is 51.3 Å². The van der Waals surface area contributed by atoms with Crippen LogP contribution in [0.25, 0.3) is 0 Å². The van der Waals surface area contributed by atoms with Crippen LogP contribution in [0.4, 0.5) is 0 Å². The number of hydrogen-bond acceptors (Lipinski definition) is 5. The fourth-order valence-corrected chi connectivity index (χ4v) is 7.43. The number of ketones is 1. The van der Waals surface area contributed by atoms with Crippen molar-refractivity contribution in [1.29, 1.82) is 0 Å². The zero-order valence-corrected chi connectivity index (χ0v) is 18.2. The van der Waals surface area contributed by atoms with Crippen LogP contribution in [0, 0.1) is 22.7 Å². The molecule has 5 aliphatic rings. The van der Waals surface area contributed by atoms with Crippen molar-refractivity contribution in [3.05, 3.63) is 11.8 Å². The van der Waals surface area contributed by atoms with Crippen molar-refractivity contribution >= 4 is 5.78 Å². The van der Waals surface area contributed by atoms with E-state index in [1.54, 1.807) is 0 Å². The van der Waals surface area contributed by atoms with Gasteiger partial charge in [-0.25, -0.2) is 0 Å². The fourth-order valence-electron chi connectivity index (χ4n) is 7.43. The number of ether oxygens (including phenoxy) is 3. The normalized spacial score (nSPS) is 52.9. The Morgan fingerprint density at radius 1 is 1.00 bits per heavy atom. The van der Waals surface area contributed by atoms with Gasteiger partial charge in [0.15, 0.2) is 17.7 Å². The summed E-state index contributed by atoms with van der Waals surface area (Å²) in [6.07, 6.45) is 7.20. The van der Waals surface area contributed by atoms with Gasteiger partial charge in [-0.1, -0.05) is 13.8 Å². The summed E-state index contributed by atoms with van der Waals surface area (Å²) in [6, 6.07) is 0. The van der Waals surface area contributed by atoms with E-state index in [-0.39, 0.29) is 34.4 Å². The SMILES string of the molecule is CN(C)/C=C1/C[C@H]2[C@]3(C)CC[C@H]4OC(C)(C)OC[C@@]4(C)[C@H]3CC[C@]23O[C@@H]3C1=O. The third kappa shape index (κ3) is 2.39. The van der Waals surface area contributed by atoms with Crippen LogP contribution >= 0.6 is 0 Å². The number of hydrogen-bond donors (Lipinski definition) is 0. The molecular weight excluding hydrogens is 354 g/mol. The van der Waals surface area contributed by atoms with Crippen molar-refractivity contribution < 1.29 is 19.0 Å². The third-order valence-electron chi connectivity index (χ3n) is 8.76. The standard InChI is InChI=1S/C23H35NO4/c1-20(2)26-13-22(4)15-7-10-23-16(21(15,3)9-8-17(22)27-20)11-14(12-24(5)6)18(25)19(23)28-23/h12,15-17,19H,7-11,13H2,1-6H3/b14-12-/t15-,16-,17+,19+,21+,22-,23-/m0/s1. The zero-order valence-electron chi connectivity index (χ0n) is 18.2. The maximum atomic E-state index is 12.9. The molecule has 156 valence electrons. The van der Waals surface area contributed by atoms with Gasteiger partial charge >= 0.3 is 0 Å². The van der Waals surface area contributed by atoms with Crippen molar-refractivity contribution in [2.24, 2.45) is 22.7 Å². The lowest BCUT2D eigenvalue weighted by Gasteiger charge is -2.64. The molecule has 0 unspecified atom stereocenters. The fraction of sp³-hybridized carbons (Fsp3) is 0.870. The second kappa shape index (κ2) is 5.61. The van der Waals surface area contributed by atoms with E-state index in [2.05, 4.69) is 13.8 Å². The van der Waals surface area contributed by atoms with Gasteiger partial charge in [-0.3, -0.25) is 4.79 Å². The molecule has 5 fully saturated rings. The van der Waals surface area contributed by atoms with E-state index in [0.717, 1.165) is 44.3 Å². The first-order chi connectivity index (χ1) is 13.0. The zero-order chi connectivity index (χ0) is 20.1. The molecule has 0 aromatic carbocycles. The first kappa shape index (κ1) is 19.1. The maximum absolute atomic E-state index is 12.9. The Morgan fingerprint density at radius 2 is 1.75 bits per heavy atom. The molecular formula is C23H35NO4. The molecule has 7 atom stereocenters. The van der Waals surface area contributed by atoms with E-state index < -0.39 is 5.79 Å². The molecule has 2 saturated heterocycles. The van der Waals surface area contributed by atoms with Crippen LogP contribution in [0.15, 0.2) is 11.8 Å². The summed E-state index contributed by atoms with van der Waals surface area (Å²) in [4.78, 5) is 14.9. The minimum Gasteiger partial charge on any atom is -0.383 e. The van der Waals surface area contributed by atoms with E-state index in [0.29, 0.717) is 11.8 Å². The Morgan fingerprint density at radius 3 is 2.46 bits per heavy atom. The summed E-state index contributed by atoms with van der Waals surface area (Å²) in [5, 5.41) is 0. The van der Waals surface area contributed by atoms with Gasteiger partial charge in [0.2, 0.25) is 0 Å². The number of rotatable bonds is 1. The van der Waals surface area contributed by atoms with E-state index >= 15 is 0 Å². The van der Waals surface area contributed by atoms with E-state index in [4.69, 9.17) is 14.2 Å². The van der Waals surface area contributed by atoms with E-state index in [1.807, 2.05) is 39.0 Å². The van der Waals surface area contributed by atoms with Crippen LogP contribution in [0.3, 0.4) is 0 Å². The predicted octanol–water partition coefficient (Wildman–Crippen LogP) is 3.53. The van der Waals surface area contributed by atoms with Gasteiger partial charge in [0.25, 0.3) is 0 Å². The molecule has 28 heavy (non-hydrogen) atoms. The molecule has 3 saturated carbocycles. The van der Waals surface area contributed by atoms with Crippen LogP contribution in [-0.4, -0.2) is 55.0 Å². The first-order valence-corrected chi connectivity index (χ1v) is 10.9. The number of Topliss-reactive ketones (excluding diaryl/α,β-unsaturated/α-hetero) is 1. The van der Waals surface area contributed by atoms with Gasteiger partial charge < -0.3 is 19.1 Å². The molecule has 2 heterocycles. The average Bonchev–Trinajstić information content (AvgIpc) is 3.32. The van der Waals surface area contributed by atoms with Gasteiger partial charge in [-0.2, -0.15) is 0 Å². The molecule has 5 nitrogen and oxygen atoms in total. The summed E-state index contributed by atoms with van der Waals surface area (Å²) < 4.78 is 18.8. The lowest BCUT2D eigenvalue weighted by atomic mass is 9.43. The molecule has 5 heteroatoms. The highest BCUT2D eigenvalue weighted by atomic mass is 16.7. The summed E-state index contributed by atoms with van der Waals surface area (Å²) in [5.41, 5.74) is 0.921.